The molecule has 1 unspecified atom stereocenters. The summed E-state index contributed by atoms with van der Waals surface area (Å²) in [5.41, 5.74) is 0.636. The lowest BCUT2D eigenvalue weighted by Crippen LogP contribution is -2.28. The third-order valence-corrected chi connectivity index (χ3v) is 6.83. The second kappa shape index (κ2) is 8.13. The van der Waals surface area contributed by atoms with Crippen LogP contribution in [0.5, 0.6) is 11.5 Å². The first kappa shape index (κ1) is 19.9. The van der Waals surface area contributed by atoms with Crippen molar-refractivity contribution in [2.45, 2.75) is 30.3 Å². The molecule has 4 rings (SSSR count). The average Bonchev–Trinajstić information content (AvgIpc) is 3.28. The lowest BCUT2D eigenvalue weighted by atomic mass is 10.2. The fraction of sp³-hybridized carbons (Fsp3) is 0.474. The summed E-state index contributed by atoms with van der Waals surface area (Å²) < 4.78 is 38.4. The second-order valence-corrected chi connectivity index (χ2v) is 9.11. The molecule has 3 heterocycles. The van der Waals surface area contributed by atoms with Gasteiger partial charge < -0.3 is 20.1 Å². The molecule has 2 N–H and O–H groups in total. The van der Waals surface area contributed by atoms with E-state index in [2.05, 4.69) is 20.6 Å². The Bertz CT molecular complexity index is 992. The second-order valence-electron chi connectivity index (χ2n) is 7.07. The van der Waals surface area contributed by atoms with Gasteiger partial charge in [0.05, 0.1) is 23.2 Å². The van der Waals surface area contributed by atoms with Gasteiger partial charge in [-0.3, -0.25) is 0 Å². The molecule has 0 radical (unpaired) electrons. The van der Waals surface area contributed by atoms with E-state index in [0.717, 1.165) is 19.4 Å². The lowest BCUT2D eigenvalue weighted by Gasteiger charge is -2.21. The number of anilines is 1. The van der Waals surface area contributed by atoms with Crippen LogP contribution in [0.3, 0.4) is 0 Å². The predicted octanol–water partition coefficient (Wildman–Crippen LogP) is 1.53. The van der Waals surface area contributed by atoms with Crippen molar-refractivity contribution in [3.05, 3.63) is 35.8 Å². The highest BCUT2D eigenvalue weighted by molar-refractivity contribution is 7.89. The van der Waals surface area contributed by atoms with E-state index in [1.165, 1.54) is 16.4 Å². The predicted molar refractivity (Wildman–Crippen MR) is 108 cm³/mol. The van der Waals surface area contributed by atoms with Crippen LogP contribution >= 0.6 is 0 Å². The Labute approximate surface area is 170 Å². The van der Waals surface area contributed by atoms with E-state index in [1.807, 2.05) is 0 Å². The standard InChI is InChI=1S/C19H25N5O4S/c1-20-18-10-13(22-19(23-18)15-4-3-7-21-15)12-24(2)29(25,26)14-5-6-16-17(11-14)28-9-8-27-16/h5-6,10-11,15,21H,3-4,7-9,12H2,1-2H3,(H,20,22,23). The molecule has 1 fully saturated rings. The fourth-order valence-electron chi connectivity index (χ4n) is 3.46. The van der Waals surface area contributed by atoms with Crippen molar-refractivity contribution in [3.63, 3.8) is 0 Å². The summed E-state index contributed by atoms with van der Waals surface area (Å²) >= 11 is 0. The van der Waals surface area contributed by atoms with Crippen molar-refractivity contribution in [1.29, 1.82) is 0 Å². The zero-order valence-corrected chi connectivity index (χ0v) is 17.3. The van der Waals surface area contributed by atoms with Gasteiger partial charge in [0, 0.05) is 26.2 Å². The number of sulfonamides is 1. The number of hydrogen-bond acceptors (Lipinski definition) is 8. The number of ether oxygens (including phenoxy) is 2. The van der Waals surface area contributed by atoms with Gasteiger partial charge in [-0.15, -0.1) is 0 Å². The summed E-state index contributed by atoms with van der Waals surface area (Å²) in [5, 5.41) is 6.41. The molecule has 2 aliphatic heterocycles. The number of rotatable bonds is 6. The van der Waals surface area contributed by atoms with Crippen molar-refractivity contribution < 1.29 is 17.9 Å². The van der Waals surface area contributed by atoms with Crippen LogP contribution in [0.2, 0.25) is 0 Å². The van der Waals surface area contributed by atoms with Crippen LogP contribution in [0, 0.1) is 0 Å². The number of nitrogens with zero attached hydrogens (tertiary/aromatic N) is 3. The molecule has 1 aromatic carbocycles. The topological polar surface area (TPSA) is 106 Å². The molecule has 2 aromatic rings. The monoisotopic (exact) mass is 419 g/mol. The maximum atomic E-state index is 13.1. The molecule has 10 heteroatoms. The van der Waals surface area contributed by atoms with Crippen LogP contribution in [0.4, 0.5) is 5.82 Å². The van der Waals surface area contributed by atoms with Crippen molar-refractivity contribution in [1.82, 2.24) is 19.6 Å². The maximum Gasteiger partial charge on any atom is 0.243 e. The van der Waals surface area contributed by atoms with Crippen LogP contribution in [-0.4, -0.2) is 56.5 Å². The van der Waals surface area contributed by atoms with Gasteiger partial charge >= 0.3 is 0 Å². The van der Waals surface area contributed by atoms with Gasteiger partial charge in [-0.05, 0) is 31.5 Å². The minimum absolute atomic E-state index is 0.0988. The van der Waals surface area contributed by atoms with Gasteiger partial charge in [0.25, 0.3) is 0 Å². The molecule has 0 aliphatic carbocycles. The van der Waals surface area contributed by atoms with Gasteiger partial charge in [-0.1, -0.05) is 0 Å². The van der Waals surface area contributed by atoms with Gasteiger partial charge in [0.1, 0.15) is 24.9 Å². The number of nitrogens with one attached hydrogen (secondary N) is 2. The Balaban J connectivity index is 1.58. The Morgan fingerprint density at radius 3 is 2.72 bits per heavy atom. The summed E-state index contributed by atoms with van der Waals surface area (Å²) in [4.78, 5) is 9.30. The quantitative estimate of drug-likeness (QED) is 0.726. The number of fused-ring (bicyclic) bond motifs is 1. The van der Waals surface area contributed by atoms with Gasteiger partial charge in [0.2, 0.25) is 10.0 Å². The normalized spacial score (nSPS) is 18.8. The molecule has 1 atom stereocenters. The van der Waals surface area contributed by atoms with Gasteiger partial charge in [-0.2, -0.15) is 4.31 Å². The van der Waals surface area contributed by atoms with Crippen LogP contribution in [0.1, 0.15) is 30.4 Å². The fourth-order valence-corrected chi connectivity index (χ4v) is 4.62. The molecule has 0 saturated carbocycles. The van der Waals surface area contributed by atoms with Crippen LogP contribution in [-0.2, 0) is 16.6 Å². The third-order valence-electron chi connectivity index (χ3n) is 5.03. The average molecular weight is 420 g/mol. The number of aromatic nitrogens is 2. The van der Waals surface area contributed by atoms with E-state index in [-0.39, 0.29) is 17.5 Å². The van der Waals surface area contributed by atoms with Crippen molar-refractivity contribution >= 4 is 15.8 Å². The highest BCUT2D eigenvalue weighted by Crippen LogP contribution is 2.33. The smallest absolute Gasteiger partial charge is 0.243 e. The molecular formula is C19H25N5O4S. The SMILES string of the molecule is CNc1cc(CN(C)S(=O)(=O)c2ccc3c(c2)OCCO3)nc(C2CCCN2)n1. The minimum Gasteiger partial charge on any atom is -0.486 e. The molecule has 1 saturated heterocycles. The summed E-state index contributed by atoms with van der Waals surface area (Å²) in [6, 6.07) is 6.54. The van der Waals surface area contributed by atoms with E-state index in [9.17, 15) is 8.42 Å². The molecule has 9 nitrogen and oxygen atoms in total. The van der Waals surface area contributed by atoms with E-state index >= 15 is 0 Å². The van der Waals surface area contributed by atoms with Crippen LogP contribution < -0.4 is 20.1 Å². The summed E-state index contributed by atoms with van der Waals surface area (Å²) in [7, 11) is -0.393. The molecule has 29 heavy (non-hydrogen) atoms. The molecule has 2 aliphatic rings. The van der Waals surface area contributed by atoms with Gasteiger partial charge in [-0.25, -0.2) is 18.4 Å². The van der Waals surface area contributed by atoms with Crippen LogP contribution in [0.25, 0.3) is 0 Å². The van der Waals surface area contributed by atoms with Crippen LogP contribution in [0.15, 0.2) is 29.2 Å². The van der Waals surface area contributed by atoms with Gasteiger partial charge in [0.15, 0.2) is 11.5 Å². The minimum atomic E-state index is -3.72. The largest absolute Gasteiger partial charge is 0.486 e. The maximum absolute atomic E-state index is 13.1. The first-order valence-corrected chi connectivity index (χ1v) is 11.1. The highest BCUT2D eigenvalue weighted by atomic mass is 32.2. The van der Waals surface area contributed by atoms with E-state index < -0.39 is 10.0 Å². The third kappa shape index (κ3) is 4.14. The first-order valence-electron chi connectivity index (χ1n) is 9.62. The summed E-state index contributed by atoms with van der Waals surface area (Å²) in [5.74, 6) is 2.36. The number of benzene rings is 1. The zero-order chi connectivity index (χ0) is 20.4. The molecule has 0 spiro atoms. The first-order chi connectivity index (χ1) is 14.0. The summed E-state index contributed by atoms with van der Waals surface area (Å²) in [6.07, 6.45) is 2.05. The van der Waals surface area contributed by atoms with Crippen molar-refractivity contribution in [2.75, 3.05) is 39.2 Å². The molecule has 0 bridgehead atoms. The molecule has 1 aromatic heterocycles. The molecular weight excluding hydrogens is 394 g/mol. The Morgan fingerprint density at radius 1 is 1.21 bits per heavy atom. The lowest BCUT2D eigenvalue weighted by molar-refractivity contribution is 0.171. The molecule has 156 valence electrons. The number of hydrogen-bond donors (Lipinski definition) is 2. The Morgan fingerprint density at radius 2 is 2.00 bits per heavy atom. The Hall–Kier alpha value is -2.43. The summed E-state index contributed by atoms with van der Waals surface area (Å²) in [6.45, 7) is 1.93. The zero-order valence-electron chi connectivity index (χ0n) is 16.5. The molecule has 0 amide bonds. The van der Waals surface area contributed by atoms with E-state index in [1.54, 1.807) is 26.2 Å². The van der Waals surface area contributed by atoms with Crippen molar-refractivity contribution in [2.24, 2.45) is 0 Å². The Kier molecular flexibility index (Phi) is 5.57. The van der Waals surface area contributed by atoms with E-state index in [4.69, 9.17) is 9.47 Å². The van der Waals surface area contributed by atoms with Crippen molar-refractivity contribution in [3.8, 4) is 11.5 Å². The van der Waals surface area contributed by atoms with E-state index in [0.29, 0.717) is 42.0 Å². The highest BCUT2D eigenvalue weighted by Gasteiger charge is 2.25.